The summed E-state index contributed by atoms with van der Waals surface area (Å²) in [5.74, 6) is -5.78. The molecular weight excluding hydrogens is 519 g/mol. The second-order valence-corrected chi connectivity index (χ2v) is 11.8. The number of ether oxygens (including phenoxy) is 1. The Morgan fingerprint density at radius 3 is 2.08 bits per heavy atom. The summed E-state index contributed by atoms with van der Waals surface area (Å²) in [6.07, 6.45) is -4.49. The van der Waals surface area contributed by atoms with Gasteiger partial charge in [-0.2, -0.15) is 13.2 Å². The first-order chi connectivity index (χ1) is 17.0. The van der Waals surface area contributed by atoms with Gasteiger partial charge in [-0.25, -0.2) is 13.6 Å². The van der Waals surface area contributed by atoms with E-state index in [2.05, 4.69) is 0 Å². The fraction of sp³-hybridized carbons (Fsp3) is 0.692. The van der Waals surface area contributed by atoms with Crippen molar-refractivity contribution in [1.82, 2.24) is 9.80 Å². The molecule has 2 aliphatic heterocycles. The number of alkyl halides is 5. The van der Waals surface area contributed by atoms with E-state index in [9.17, 15) is 22.8 Å². The van der Waals surface area contributed by atoms with E-state index < -0.39 is 41.5 Å². The highest BCUT2D eigenvalue weighted by Crippen LogP contribution is 2.59. The molecule has 0 bridgehead atoms. The van der Waals surface area contributed by atoms with Gasteiger partial charge in [0.25, 0.3) is 5.92 Å². The highest BCUT2D eigenvalue weighted by atomic mass is 35.5. The lowest BCUT2D eigenvalue weighted by molar-refractivity contribution is -0.198. The molecule has 0 spiro atoms. The van der Waals surface area contributed by atoms with Crippen LogP contribution in [0.2, 0.25) is 5.02 Å². The third kappa shape index (κ3) is 5.54. The zero-order chi connectivity index (χ0) is 27.4. The molecule has 2 saturated heterocycles. The summed E-state index contributed by atoms with van der Waals surface area (Å²) >= 11 is 6.31. The lowest BCUT2D eigenvalue weighted by Crippen LogP contribution is -2.43. The number of hydrogen-bond donors (Lipinski definition) is 0. The van der Waals surface area contributed by atoms with Gasteiger partial charge in [-0.05, 0) is 70.4 Å². The third-order valence-electron chi connectivity index (χ3n) is 7.66. The molecule has 1 aliphatic carbocycles. The van der Waals surface area contributed by atoms with E-state index in [4.69, 9.17) is 16.3 Å². The number of nitrogens with zero attached hydrogens (tertiary/aromatic N) is 2. The average molecular weight is 551 g/mol. The molecule has 0 N–H and O–H groups in total. The first kappa shape index (κ1) is 27.9. The Morgan fingerprint density at radius 1 is 0.973 bits per heavy atom. The second-order valence-electron chi connectivity index (χ2n) is 11.4. The molecular formula is C26H32ClF5N2O3. The maximum absolute atomic E-state index is 15.5. The molecule has 4 rings (SSSR count). The van der Waals surface area contributed by atoms with Gasteiger partial charge in [0, 0.05) is 37.7 Å². The number of carbonyl (C=O) groups is 2. The van der Waals surface area contributed by atoms with E-state index in [0.717, 1.165) is 10.5 Å². The van der Waals surface area contributed by atoms with Crippen LogP contribution in [0.3, 0.4) is 0 Å². The van der Waals surface area contributed by atoms with Gasteiger partial charge in [0.2, 0.25) is 5.91 Å². The highest BCUT2D eigenvalue weighted by Gasteiger charge is 2.70. The molecule has 1 atom stereocenters. The molecule has 206 valence electrons. The first-order valence-corrected chi connectivity index (χ1v) is 12.9. The molecule has 1 aromatic carbocycles. The van der Waals surface area contributed by atoms with Crippen LogP contribution in [0.25, 0.3) is 0 Å². The maximum Gasteiger partial charge on any atom is 0.410 e. The minimum Gasteiger partial charge on any atom is -0.444 e. The van der Waals surface area contributed by atoms with Crippen LogP contribution in [-0.4, -0.2) is 59.8 Å². The van der Waals surface area contributed by atoms with E-state index >= 15 is 8.78 Å². The predicted octanol–water partition coefficient (Wildman–Crippen LogP) is 6.74. The Labute approximate surface area is 218 Å². The summed E-state index contributed by atoms with van der Waals surface area (Å²) in [5, 5.41) is -0.115. The smallest absolute Gasteiger partial charge is 0.410 e. The quantitative estimate of drug-likeness (QED) is 0.390. The van der Waals surface area contributed by atoms with Gasteiger partial charge >= 0.3 is 12.3 Å². The number of halogens is 6. The summed E-state index contributed by atoms with van der Waals surface area (Å²) < 4.78 is 76.3. The first-order valence-electron chi connectivity index (χ1n) is 12.6. The van der Waals surface area contributed by atoms with Gasteiger partial charge in [-0.15, -0.1) is 0 Å². The molecule has 1 unspecified atom stereocenters. The van der Waals surface area contributed by atoms with E-state index in [-0.39, 0.29) is 48.4 Å². The summed E-state index contributed by atoms with van der Waals surface area (Å²) in [5.41, 5.74) is -2.60. The van der Waals surface area contributed by atoms with Crippen molar-refractivity contribution in [3.8, 4) is 0 Å². The van der Waals surface area contributed by atoms with Crippen molar-refractivity contribution in [2.45, 2.75) is 76.5 Å². The van der Waals surface area contributed by atoms with Crippen LogP contribution >= 0.6 is 11.6 Å². The van der Waals surface area contributed by atoms with Crippen molar-refractivity contribution in [3.63, 3.8) is 0 Å². The summed E-state index contributed by atoms with van der Waals surface area (Å²) in [6.45, 7) is 5.76. The molecule has 2 heterocycles. The zero-order valence-corrected chi connectivity index (χ0v) is 21.9. The Morgan fingerprint density at radius 2 is 1.57 bits per heavy atom. The minimum absolute atomic E-state index is 0.0375. The molecule has 0 radical (unpaired) electrons. The molecule has 2 amide bonds. The summed E-state index contributed by atoms with van der Waals surface area (Å²) in [4.78, 5) is 27.4. The molecule has 5 nitrogen and oxygen atoms in total. The molecule has 37 heavy (non-hydrogen) atoms. The van der Waals surface area contributed by atoms with Gasteiger partial charge in [-0.3, -0.25) is 4.79 Å². The van der Waals surface area contributed by atoms with Crippen molar-refractivity contribution < 1.29 is 36.3 Å². The predicted molar refractivity (Wildman–Crippen MR) is 128 cm³/mol. The summed E-state index contributed by atoms with van der Waals surface area (Å²) in [7, 11) is 0. The van der Waals surface area contributed by atoms with Crippen LogP contribution in [0.5, 0.6) is 0 Å². The Hall–Kier alpha value is -2.10. The van der Waals surface area contributed by atoms with Crippen LogP contribution in [0, 0.1) is 11.3 Å². The number of rotatable bonds is 4. The minimum atomic E-state index is -4.67. The SMILES string of the molecule is CC(C)(C)OC(=O)N1CCC(c2ccc(C(F)(F)C3CCN(C(=O)C4(C(F)(F)F)CC4)C3)c(Cl)c2)CC1. The molecule has 3 aliphatic rings. The van der Waals surface area contributed by atoms with Gasteiger partial charge in [0.15, 0.2) is 0 Å². The third-order valence-corrected chi connectivity index (χ3v) is 7.97. The molecule has 0 aromatic heterocycles. The Balaban J connectivity index is 1.39. The van der Waals surface area contributed by atoms with Gasteiger partial charge in [-0.1, -0.05) is 23.7 Å². The Bertz CT molecular complexity index is 1040. The lowest BCUT2D eigenvalue weighted by Gasteiger charge is -2.34. The van der Waals surface area contributed by atoms with Crippen LogP contribution in [-0.2, 0) is 15.5 Å². The molecule has 1 saturated carbocycles. The number of amides is 2. The molecule has 1 aromatic rings. The Kier molecular flexibility index (Phi) is 7.23. The van der Waals surface area contributed by atoms with Crippen molar-refractivity contribution >= 4 is 23.6 Å². The number of likely N-dealkylation sites (tertiary alicyclic amines) is 2. The van der Waals surface area contributed by atoms with Crippen LogP contribution in [0.1, 0.15) is 69.9 Å². The second kappa shape index (κ2) is 9.58. The van der Waals surface area contributed by atoms with Crippen molar-refractivity contribution in [3.05, 3.63) is 34.3 Å². The van der Waals surface area contributed by atoms with E-state index in [0.29, 0.717) is 25.9 Å². The largest absolute Gasteiger partial charge is 0.444 e. The van der Waals surface area contributed by atoms with Crippen molar-refractivity contribution in [2.75, 3.05) is 26.2 Å². The van der Waals surface area contributed by atoms with Crippen LogP contribution < -0.4 is 0 Å². The maximum atomic E-state index is 15.5. The van der Waals surface area contributed by atoms with Crippen molar-refractivity contribution in [1.29, 1.82) is 0 Å². The summed E-state index contributed by atoms with van der Waals surface area (Å²) in [6, 6.07) is 4.39. The molecule has 3 fully saturated rings. The number of hydrogen-bond acceptors (Lipinski definition) is 3. The fourth-order valence-electron chi connectivity index (χ4n) is 5.28. The van der Waals surface area contributed by atoms with Gasteiger partial charge in [0.1, 0.15) is 11.0 Å². The number of piperidine rings is 1. The van der Waals surface area contributed by atoms with Gasteiger partial charge in [0.05, 0.1) is 5.02 Å². The monoisotopic (exact) mass is 550 g/mol. The topological polar surface area (TPSA) is 49.9 Å². The molecule has 11 heteroatoms. The zero-order valence-electron chi connectivity index (χ0n) is 21.1. The van der Waals surface area contributed by atoms with E-state index in [1.165, 1.54) is 12.1 Å². The van der Waals surface area contributed by atoms with Crippen molar-refractivity contribution in [2.24, 2.45) is 11.3 Å². The average Bonchev–Trinajstić information content (AvgIpc) is 3.47. The normalized spacial score (nSPS) is 22.8. The standard InChI is InChI=1S/C26H32ClF5N2O3/c1-23(2,3)37-22(36)33-11-6-16(7-12-33)17-4-5-19(20(27)14-17)25(28,29)18-8-13-34(15-18)21(35)24(9-10-24)26(30,31)32/h4-5,14,16,18H,6-13,15H2,1-3H3. The highest BCUT2D eigenvalue weighted by molar-refractivity contribution is 6.31. The van der Waals surface area contributed by atoms with Crippen LogP contribution in [0.4, 0.5) is 26.7 Å². The van der Waals surface area contributed by atoms with Crippen LogP contribution in [0.15, 0.2) is 18.2 Å². The van der Waals surface area contributed by atoms with E-state index in [1.807, 2.05) is 0 Å². The number of carbonyl (C=O) groups excluding carboxylic acids is 2. The number of benzene rings is 1. The lowest BCUT2D eigenvalue weighted by atomic mass is 9.87. The fourth-order valence-corrected chi connectivity index (χ4v) is 5.60. The van der Waals surface area contributed by atoms with Gasteiger partial charge < -0.3 is 14.5 Å². The van der Waals surface area contributed by atoms with E-state index in [1.54, 1.807) is 31.7 Å².